The quantitative estimate of drug-likeness (QED) is 0.757. The van der Waals surface area contributed by atoms with E-state index in [9.17, 15) is 0 Å². The second kappa shape index (κ2) is 3.38. The fraction of sp³-hybridized carbons (Fsp3) is 0.400. The van der Waals surface area contributed by atoms with Crippen LogP contribution >= 0.6 is 0 Å². The number of aliphatic hydroxyl groups excluding tert-OH is 1. The minimum Gasteiger partial charge on any atom is -0.392 e. The lowest BCUT2D eigenvalue weighted by Gasteiger charge is -1.95. The van der Waals surface area contributed by atoms with Crippen LogP contribution in [0, 0.1) is 0 Å². The number of rotatable bonds is 2. The molecule has 74 valence electrons. The standard InChI is InChI=1S/C10H13N3O/c1-6(2)9-12-8-3-7(5-14)4-11-10(8)13-9/h3-4,6,14H,5H2,1-2H3,(H,11,12,13). The molecule has 0 aromatic carbocycles. The third kappa shape index (κ3) is 1.48. The number of aromatic amines is 1. The Morgan fingerprint density at radius 1 is 1.50 bits per heavy atom. The fourth-order valence-electron chi connectivity index (χ4n) is 1.32. The van der Waals surface area contributed by atoms with Crippen LogP contribution in [-0.4, -0.2) is 20.1 Å². The van der Waals surface area contributed by atoms with E-state index in [1.807, 2.05) is 6.07 Å². The first-order chi connectivity index (χ1) is 6.70. The van der Waals surface area contributed by atoms with E-state index in [1.165, 1.54) is 0 Å². The molecule has 2 heterocycles. The van der Waals surface area contributed by atoms with Crippen molar-refractivity contribution in [3.8, 4) is 0 Å². The van der Waals surface area contributed by atoms with Gasteiger partial charge in [-0.3, -0.25) is 0 Å². The third-order valence-electron chi connectivity index (χ3n) is 2.14. The Hall–Kier alpha value is -1.42. The topological polar surface area (TPSA) is 61.8 Å². The molecule has 0 aliphatic heterocycles. The van der Waals surface area contributed by atoms with Crippen LogP contribution in [0.4, 0.5) is 0 Å². The molecule has 0 unspecified atom stereocenters. The highest BCUT2D eigenvalue weighted by Gasteiger charge is 2.07. The Balaban J connectivity index is 2.54. The zero-order valence-electron chi connectivity index (χ0n) is 8.28. The molecular formula is C10H13N3O. The average molecular weight is 191 g/mol. The highest BCUT2D eigenvalue weighted by molar-refractivity contribution is 5.71. The number of pyridine rings is 1. The van der Waals surface area contributed by atoms with Crippen molar-refractivity contribution < 1.29 is 5.11 Å². The van der Waals surface area contributed by atoms with E-state index in [-0.39, 0.29) is 6.61 Å². The second-order valence-corrected chi connectivity index (χ2v) is 3.65. The number of imidazole rings is 1. The molecule has 0 amide bonds. The molecule has 2 aromatic heterocycles. The van der Waals surface area contributed by atoms with Crippen LogP contribution < -0.4 is 0 Å². The number of hydrogen-bond donors (Lipinski definition) is 2. The summed E-state index contributed by atoms with van der Waals surface area (Å²) in [7, 11) is 0. The van der Waals surface area contributed by atoms with Crippen LogP contribution in [0.1, 0.15) is 31.2 Å². The lowest BCUT2D eigenvalue weighted by Crippen LogP contribution is -1.88. The number of H-pyrrole nitrogens is 1. The van der Waals surface area contributed by atoms with Crippen molar-refractivity contribution >= 4 is 11.2 Å². The van der Waals surface area contributed by atoms with Crippen LogP contribution in [0.5, 0.6) is 0 Å². The Bertz CT molecular complexity index is 448. The molecule has 2 aromatic rings. The van der Waals surface area contributed by atoms with E-state index in [2.05, 4.69) is 28.8 Å². The zero-order valence-corrected chi connectivity index (χ0v) is 8.28. The molecule has 14 heavy (non-hydrogen) atoms. The van der Waals surface area contributed by atoms with Gasteiger partial charge in [0.2, 0.25) is 0 Å². The first kappa shape index (κ1) is 9.15. The molecule has 0 aliphatic rings. The predicted molar refractivity (Wildman–Crippen MR) is 53.9 cm³/mol. The van der Waals surface area contributed by atoms with Crippen molar-refractivity contribution in [1.82, 2.24) is 15.0 Å². The van der Waals surface area contributed by atoms with E-state index >= 15 is 0 Å². The zero-order chi connectivity index (χ0) is 10.1. The van der Waals surface area contributed by atoms with Gasteiger partial charge in [-0.25, -0.2) is 9.97 Å². The van der Waals surface area contributed by atoms with Gasteiger partial charge in [0.1, 0.15) is 5.82 Å². The van der Waals surface area contributed by atoms with Gasteiger partial charge in [-0.2, -0.15) is 0 Å². The van der Waals surface area contributed by atoms with Crippen LogP contribution in [0.2, 0.25) is 0 Å². The maximum absolute atomic E-state index is 8.94. The normalized spacial score (nSPS) is 11.4. The summed E-state index contributed by atoms with van der Waals surface area (Å²) in [6.07, 6.45) is 1.65. The molecule has 0 fully saturated rings. The summed E-state index contributed by atoms with van der Waals surface area (Å²) >= 11 is 0. The summed E-state index contributed by atoms with van der Waals surface area (Å²) in [6.45, 7) is 4.16. The maximum Gasteiger partial charge on any atom is 0.177 e. The van der Waals surface area contributed by atoms with Crippen molar-refractivity contribution in [2.24, 2.45) is 0 Å². The van der Waals surface area contributed by atoms with Gasteiger partial charge in [-0.1, -0.05) is 13.8 Å². The number of hydrogen-bond acceptors (Lipinski definition) is 3. The van der Waals surface area contributed by atoms with Crippen LogP contribution in [0.3, 0.4) is 0 Å². The van der Waals surface area contributed by atoms with Gasteiger partial charge in [0.15, 0.2) is 5.65 Å². The summed E-state index contributed by atoms with van der Waals surface area (Å²) < 4.78 is 0. The third-order valence-corrected chi connectivity index (χ3v) is 2.14. The molecule has 4 nitrogen and oxygen atoms in total. The first-order valence-corrected chi connectivity index (χ1v) is 4.66. The molecule has 0 atom stereocenters. The lowest BCUT2D eigenvalue weighted by atomic mass is 10.2. The van der Waals surface area contributed by atoms with Crippen molar-refractivity contribution in [3.05, 3.63) is 23.7 Å². The number of nitrogens with zero attached hydrogens (tertiary/aromatic N) is 2. The van der Waals surface area contributed by atoms with Gasteiger partial charge >= 0.3 is 0 Å². The molecule has 2 N–H and O–H groups in total. The molecule has 0 aliphatic carbocycles. The Morgan fingerprint density at radius 2 is 2.29 bits per heavy atom. The molecule has 2 rings (SSSR count). The maximum atomic E-state index is 8.94. The van der Waals surface area contributed by atoms with Gasteiger partial charge in [0.05, 0.1) is 12.1 Å². The minimum atomic E-state index is 0.0129. The molecular weight excluding hydrogens is 178 g/mol. The SMILES string of the molecule is CC(C)c1nc2ncc(CO)cc2[nH]1. The van der Waals surface area contributed by atoms with E-state index in [0.29, 0.717) is 11.6 Å². The smallest absolute Gasteiger partial charge is 0.177 e. The number of aliphatic hydroxyl groups is 1. The minimum absolute atomic E-state index is 0.0129. The lowest BCUT2D eigenvalue weighted by molar-refractivity contribution is 0.281. The summed E-state index contributed by atoms with van der Waals surface area (Å²) in [6, 6.07) is 1.88. The van der Waals surface area contributed by atoms with Crippen molar-refractivity contribution in [3.63, 3.8) is 0 Å². The number of nitrogens with one attached hydrogen (secondary N) is 1. The predicted octanol–water partition coefficient (Wildman–Crippen LogP) is 1.57. The summed E-state index contributed by atoms with van der Waals surface area (Å²) in [5, 5.41) is 8.94. The molecule has 0 saturated carbocycles. The van der Waals surface area contributed by atoms with Gasteiger partial charge in [0.25, 0.3) is 0 Å². The van der Waals surface area contributed by atoms with E-state index < -0.39 is 0 Å². The molecule has 0 spiro atoms. The summed E-state index contributed by atoms with van der Waals surface area (Å²) in [5.74, 6) is 1.30. The first-order valence-electron chi connectivity index (χ1n) is 4.66. The van der Waals surface area contributed by atoms with Gasteiger partial charge in [-0.15, -0.1) is 0 Å². The molecule has 0 bridgehead atoms. The average Bonchev–Trinajstić information content (AvgIpc) is 2.59. The van der Waals surface area contributed by atoms with Crippen LogP contribution in [-0.2, 0) is 6.61 Å². The van der Waals surface area contributed by atoms with Gasteiger partial charge in [-0.05, 0) is 11.6 Å². The molecule has 0 saturated heterocycles. The second-order valence-electron chi connectivity index (χ2n) is 3.65. The van der Waals surface area contributed by atoms with Crippen molar-refractivity contribution in [1.29, 1.82) is 0 Å². The van der Waals surface area contributed by atoms with E-state index in [0.717, 1.165) is 16.9 Å². The van der Waals surface area contributed by atoms with Crippen molar-refractivity contribution in [2.45, 2.75) is 26.4 Å². The molecule has 4 heteroatoms. The number of aromatic nitrogens is 3. The van der Waals surface area contributed by atoms with Crippen LogP contribution in [0.25, 0.3) is 11.2 Å². The monoisotopic (exact) mass is 191 g/mol. The largest absolute Gasteiger partial charge is 0.392 e. The van der Waals surface area contributed by atoms with Crippen LogP contribution in [0.15, 0.2) is 12.3 Å². The van der Waals surface area contributed by atoms with Gasteiger partial charge < -0.3 is 10.1 Å². The summed E-state index contributed by atoms with van der Waals surface area (Å²) in [4.78, 5) is 11.7. The fourth-order valence-corrected chi connectivity index (χ4v) is 1.32. The highest BCUT2D eigenvalue weighted by Crippen LogP contribution is 2.16. The Kier molecular flexibility index (Phi) is 2.21. The van der Waals surface area contributed by atoms with Crippen molar-refractivity contribution in [2.75, 3.05) is 0 Å². The van der Waals surface area contributed by atoms with Gasteiger partial charge in [0, 0.05) is 12.1 Å². The number of fused-ring (bicyclic) bond motifs is 1. The van der Waals surface area contributed by atoms with E-state index in [1.54, 1.807) is 6.20 Å². The Morgan fingerprint density at radius 3 is 2.93 bits per heavy atom. The molecule has 0 radical (unpaired) electrons. The Labute approximate surface area is 82.0 Å². The highest BCUT2D eigenvalue weighted by atomic mass is 16.3. The summed E-state index contributed by atoms with van der Waals surface area (Å²) in [5.41, 5.74) is 2.41. The van der Waals surface area contributed by atoms with E-state index in [4.69, 9.17) is 5.11 Å².